The van der Waals surface area contributed by atoms with Gasteiger partial charge in [0.2, 0.25) is 5.78 Å². The summed E-state index contributed by atoms with van der Waals surface area (Å²) in [7, 11) is 0. The largest absolute Gasteiger partial charge is 0.458 e. The summed E-state index contributed by atoms with van der Waals surface area (Å²) in [6.07, 6.45) is 1.49. The van der Waals surface area contributed by atoms with Crippen LogP contribution in [0.4, 0.5) is 11.4 Å². The van der Waals surface area contributed by atoms with Crippen LogP contribution in [0.15, 0.2) is 45.8 Å². The van der Waals surface area contributed by atoms with Gasteiger partial charge in [-0.15, -0.1) is 0 Å². The first-order valence-electron chi connectivity index (χ1n) is 5.93. The second kappa shape index (κ2) is 5.92. The van der Waals surface area contributed by atoms with Gasteiger partial charge < -0.3 is 4.42 Å². The Morgan fingerprint density at radius 3 is 2.85 bits per heavy atom. The Morgan fingerprint density at radius 2 is 2.20 bits per heavy atom. The molecule has 1 aromatic carbocycles. The van der Waals surface area contributed by atoms with Gasteiger partial charge in [0.25, 0.3) is 5.69 Å². The zero-order valence-corrected chi connectivity index (χ0v) is 10.8. The number of aryl methyl sites for hydroxylation is 1. The normalized spacial score (nSPS) is 10.8. The van der Waals surface area contributed by atoms with E-state index in [2.05, 4.69) is 4.99 Å². The summed E-state index contributed by atoms with van der Waals surface area (Å²) in [5.74, 6) is 0.768. The number of nitro benzene ring substituents is 1. The first-order chi connectivity index (χ1) is 9.56. The molecular weight excluding hydrogens is 260 g/mol. The third-order valence-electron chi connectivity index (χ3n) is 2.57. The molecule has 0 atom stereocenters. The molecule has 0 fully saturated rings. The average Bonchev–Trinajstić information content (AvgIpc) is 2.86. The highest BCUT2D eigenvalue weighted by molar-refractivity contribution is 6.02. The van der Waals surface area contributed by atoms with Crippen LogP contribution in [0.5, 0.6) is 0 Å². The van der Waals surface area contributed by atoms with Crippen molar-refractivity contribution in [1.29, 1.82) is 0 Å². The molecule has 0 aliphatic carbocycles. The Hall–Kier alpha value is -2.76. The van der Waals surface area contributed by atoms with Gasteiger partial charge in [0, 0.05) is 24.8 Å². The van der Waals surface area contributed by atoms with Crippen molar-refractivity contribution < 1.29 is 14.1 Å². The Balaban J connectivity index is 2.01. The summed E-state index contributed by atoms with van der Waals surface area (Å²) in [6.45, 7) is 1.76. The lowest BCUT2D eigenvalue weighted by Crippen LogP contribution is -1.97. The van der Waals surface area contributed by atoms with Gasteiger partial charge in [-0.05, 0) is 25.1 Å². The van der Waals surface area contributed by atoms with Crippen LogP contribution in [-0.4, -0.2) is 16.9 Å². The van der Waals surface area contributed by atoms with Crippen LogP contribution >= 0.6 is 0 Å². The van der Waals surface area contributed by atoms with Crippen molar-refractivity contribution in [3.05, 3.63) is 58.0 Å². The minimum Gasteiger partial charge on any atom is -0.458 e. The van der Waals surface area contributed by atoms with E-state index < -0.39 is 4.92 Å². The number of hydrogen-bond donors (Lipinski definition) is 0. The Bertz CT molecular complexity index is 673. The van der Waals surface area contributed by atoms with Crippen molar-refractivity contribution in [2.45, 2.75) is 13.3 Å². The molecule has 0 unspecified atom stereocenters. The van der Waals surface area contributed by atoms with Gasteiger partial charge in [-0.1, -0.05) is 6.07 Å². The third-order valence-corrected chi connectivity index (χ3v) is 2.57. The zero-order valence-electron chi connectivity index (χ0n) is 10.8. The fourth-order valence-electron chi connectivity index (χ4n) is 1.61. The second-order valence-electron chi connectivity index (χ2n) is 4.13. The molecule has 0 radical (unpaired) electrons. The number of hydrogen-bond acceptors (Lipinski definition) is 5. The molecule has 1 aromatic heterocycles. The van der Waals surface area contributed by atoms with E-state index in [0.717, 1.165) is 0 Å². The lowest BCUT2D eigenvalue weighted by molar-refractivity contribution is -0.384. The number of benzene rings is 1. The topological polar surface area (TPSA) is 85.7 Å². The highest BCUT2D eigenvalue weighted by Gasteiger charge is 2.08. The van der Waals surface area contributed by atoms with Crippen molar-refractivity contribution in [2.75, 3.05) is 0 Å². The quantitative estimate of drug-likeness (QED) is 0.361. The average molecular weight is 272 g/mol. The molecule has 2 rings (SSSR count). The summed E-state index contributed by atoms with van der Waals surface area (Å²) < 4.78 is 5.20. The van der Waals surface area contributed by atoms with E-state index in [4.69, 9.17) is 4.42 Å². The van der Waals surface area contributed by atoms with E-state index in [1.807, 2.05) is 0 Å². The van der Waals surface area contributed by atoms with Crippen molar-refractivity contribution in [2.24, 2.45) is 4.99 Å². The molecule has 6 heteroatoms. The number of Topliss-reactive ketones (excluding diaryl/α,β-unsaturated/α-hetero) is 1. The molecule has 0 N–H and O–H groups in total. The van der Waals surface area contributed by atoms with Crippen LogP contribution in [0.2, 0.25) is 0 Å². The van der Waals surface area contributed by atoms with Gasteiger partial charge in [-0.3, -0.25) is 19.9 Å². The predicted octanol–water partition coefficient (Wildman–Crippen LogP) is 3.47. The van der Waals surface area contributed by atoms with Crippen molar-refractivity contribution in [1.82, 2.24) is 0 Å². The van der Waals surface area contributed by atoms with E-state index in [9.17, 15) is 14.9 Å². The first-order valence-corrected chi connectivity index (χ1v) is 5.93. The van der Waals surface area contributed by atoms with Crippen LogP contribution in [0.1, 0.15) is 22.7 Å². The maximum absolute atomic E-state index is 11.7. The fourth-order valence-corrected chi connectivity index (χ4v) is 1.61. The summed E-state index contributed by atoms with van der Waals surface area (Å²) in [5, 5.41) is 10.6. The highest BCUT2D eigenvalue weighted by atomic mass is 16.6. The van der Waals surface area contributed by atoms with Crippen LogP contribution < -0.4 is 0 Å². The van der Waals surface area contributed by atoms with Crippen LogP contribution in [0, 0.1) is 17.0 Å². The van der Waals surface area contributed by atoms with Gasteiger partial charge >= 0.3 is 0 Å². The summed E-state index contributed by atoms with van der Waals surface area (Å²) in [5.41, 5.74) is 0.398. The van der Waals surface area contributed by atoms with Crippen LogP contribution in [-0.2, 0) is 0 Å². The Morgan fingerprint density at radius 1 is 1.40 bits per heavy atom. The van der Waals surface area contributed by atoms with Crippen molar-refractivity contribution in [3.8, 4) is 0 Å². The van der Waals surface area contributed by atoms with E-state index in [-0.39, 0.29) is 23.7 Å². The SMILES string of the molecule is Cc1ccc(C(=O)CC=Nc2cccc([N+](=O)[O-])c2)o1. The Labute approximate surface area is 114 Å². The van der Waals surface area contributed by atoms with Gasteiger partial charge in [0.1, 0.15) is 5.76 Å². The molecule has 1 heterocycles. The predicted molar refractivity (Wildman–Crippen MR) is 73.6 cm³/mol. The zero-order chi connectivity index (χ0) is 14.5. The molecule has 0 aliphatic heterocycles. The fraction of sp³-hybridized carbons (Fsp3) is 0.143. The molecule has 0 saturated heterocycles. The molecule has 0 bridgehead atoms. The minimum atomic E-state index is -0.490. The van der Waals surface area contributed by atoms with E-state index >= 15 is 0 Å². The van der Waals surface area contributed by atoms with Gasteiger partial charge in [0.15, 0.2) is 5.76 Å². The number of aliphatic imine (C=N–C) groups is 1. The molecule has 102 valence electrons. The van der Waals surface area contributed by atoms with Crippen LogP contribution in [0.25, 0.3) is 0 Å². The minimum absolute atomic E-state index is 0.0346. The third kappa shape index (κ3) is 3.38. The number of nitro groups is 1. The van der Waals surface area contributed by atoms with Gasteiger partial charge in [-0.2, -0.15) is 0 Å². The number of furan rings is 1. The summed E-state index contributed by atoms with van der Waals surface area (Å²) in [4.78, 5) is 25.9. The maximum Gasteiger partial charge on any atom is 0.271 e. The van der Waals surface area contributed by atoms with Gasteiger partial charge in [-0.25, -0.2) is 0 Å². The lowest BCUT2D eigenvalue weighted by atomic mass is 10.2. The molecule has 2 aromatic rings. The molecule has 0 amide bonds. The van der Waals surface area contributed by atoms with Gasteiger partial charge in [0.05, 0.1) is 10.6 Å². The standard InChI is InChI=1S/C14H12N2O4/c1-10-5-6-14(20-10)13(17)7-8-15-11-3-2-4-12(9-11)16(18)19/h2-6,8-9H,7H2,1H3. The summed E-state index contributed by atoms with van der Waals surface area (Å²) >= 11 is 0. The number of nitrogens with zero attached hydrogens (tertiary/aromatic N) is 2. The molecule has 20 heavy (non-hydrogen) atoms. The lowest BCUT2D eigenvalue weighted by Gasteiger charge is -1.94. The monoisotopic (exact) mass is 272 g/mol. The molecule has 0 saturated carbocycles. The van der Waals surface area contributed by atoms with E-state index in [0.29, 0.717) is 11.4 Å². The number of carbonyl (C=O) groups excluding carboxylic acids is 1. The molecular formula is C14H12N2O4. The second-order valence-corrected chi connectivity index (χ2v) is 4.13. The number of ketones is 1. The number of rotatable bonds is 5. The van der Waals surface area contributed by atoms with Crippen molar-refractivity contribution in [3.63, 3.8) is 0 Å². The van der Waals surface area contributed by atoms with E-state index in [1.54, 1.807) is 31.2 Å². The number of carbonyl (C=O) groups is 1. The number of non-ortho nitro benzene ring substituents is 1. The van der Waals surface area contributed by atoms with Crippen LogP contribution in [0.3, 0.4) is 0 Å². The summed E-state index contributed by atoms with van der Waals surface area (Å²) in [6, 6.07) is 9.23. The smallest absolute Gasteiger partial charge is 0.271 e. The maximum atomic E-state index is 11.7. The highest BCUT2D eigenvalue weighted by Crippen LogP contribution is 2.19. The Kier molecular flexibility index (Phi) is 4.05. The van der Waals surface area contributed by atoms with Crippen molar-refractivity contribution >= 4 is 23.4 Å². The molecule has 0 spiro atoms. The molecule has 0 aliphatic rings. The molecule has 6 nitrogen and oxygen atoms in total. The van der Waals surface area contributed by atoms with E-state index in [1.165, 1.54) is 18.3 Å². The first kappa shape index (κ1) is 13.7.